The summed E-state index contributed by atoms with van der Waals surface area (Å²) >= 11 is 5.92. The number of rotatable bonds is 6. The molecule has 0 aliphatic carbocycles. The molecule has 6 nitrogen and oxygen atoms in total. The number of nitrogens with zero attached hydrogens (tertiary/aromatic N) is 3. The molecule has 2 heterocycles. The van der Waals surface area contributed by atoms with E-state index >= 15 is 0 Å². The quantitative estimate of drug-likeness (QED) is 0.484. The molecule has 0 saturated heterocycles. The number of aromatic nitrogens is 4. The monoisotopic (exact) mass is 405 g/mol. The van der Waals surface area contributed by atoms with Gasteiger partial charge in [-0.1, -0.05) is 48.9 Å². The van der Waals surface area contributed by atoms with E-state index in [9.17, 15) is 4.79 Å². The van der Waals surface area contributed by atoms with Gasteiger partial charge >= 0.3 is 0 Å². The molecule has 0 aliphatic heterocycles. The molecule has 1 amide bonds. The van der Waals surface area contributed by atoms with Crippen LogP contribution >= 0.6 is 11.6 Å². The van der Waals surface area contributed by atoms with Crippen molar-refractivity contribution in [2.24, 2.45) is 0 Å². The zero-order chi connectivity index (χ0) is 20.2. The van der Waals surface area contributed by atoms with E-state index in [-0.39, 0.29) is 11.9 Å². The van der Waals surface area contributed by atoms with Crippen LogP contribution in [0.3, 0.4) is 0 Å². The van der Waals surface area contributed by atoms with Crippen LogP contribution in [0.2, 0.25) is 5.02 Å². The number of halogens is 1. The fourth-order valence-electron chi connectivity index (χ4n) is 3.06. The zero-order valence-corrected chi connectivity index (χ0v) is 16.6. The Labute approximate surface area is 173 Å². The Morgan fingerprint density at radius 3 is 2.62 bits per heavy atom. The molecule has 2 aromatic carbocycles. The largest absolute Gasteiger partial charge is 0.342 e. The van der Waals surface area contributed by atoms with Crippen LogP contribution < -0.4 is 5.32 Å². The smallest absolute Gasteiger partial charge is 0.255 e. The highest BCUT2D eigenvalue weighted by Crippen LogP contribution is 2.21. The Balaban J connectivity index is 1.48. The highest BCUT2D eigenvalue weighted by atomic mass is 35.5. The van der Waals surface area contributed by atoms with Gasteiger partial charge in [0.15, 0.2) is 0 Å². The lowest BCUT2D eigenvalue weighted by Gasteiger charge is -2.14. The van der Waals surface area contributed by atoms with Gasteiger partial charge in [-0.2, -0.15) is 5.10 Å². The zero-order valence-electron chi connectivity index (χ0n) is 15.8. The molecular weight excluding hydrogens is 386 g/mol. The van der Waals surface area contributed by atoms with E-state index in [4.69, 9.17) is 11.6 Å². The van der Waals surface area contributed by atoms with E-state index in [0.29, 0.717) is 17.0 Å². The molecule has 0 saturated carbocycles. The first kappa shape index (κ1) is 19.0. The van der Waals surface area contributed by atoms with Crippen molar-refractivity contribution in [3.63, 3.8) is 0 Å². The summed E-state index contributed by atoms with van der Waals surface area (Å²) in [5.41, 5.74) is 3.28. The van der Waals surface area contributed by atoms with Crippen molar-refractivity contribution in [1.82, 2.24) is 25.1 Å². The molecule has 146 valence electrons. The van der Waals surface area contributed by atoms with E-state index in [0.717, 1.165) is 22.8 Å². The minimum atomic E-state index is -0.223. The highest BCUT2D eigenvalue weighted by Gasteiger charge is 2.18. The lowest BCUT2D eigenvalue weighted by atomic mass is 10.2. The molecule has 7 heteroatoms. The normalized spacial score (nSPS) is 11.9. The maximum atomic E-state index is 12.7. The van der Waals surface area contributed by atoms with Crippen LogP contribution in [-0.4, -0.2) is 25.7 Å². The van der Waals surface area contributed by atoms with Gasteiger partial charge in [0, 0.05) is 11.2 Å². The SMILES string of the molecule is CCC(NC(=O)c1cnn(-c2ccc(Cl)cc2)c1)c1ncc(-c2ccccc2)[nH]1. The molecule has 4 rings (SSSR count). The van der Waals surface area contributed by atoms with Gasteiger partial charge in [0.2, 0.25) is 0 Å². The molecule has 0 radical (unpaired) electrons. The highest BCUT2D eigenvalue weighted by molar-refractivity contribution is 6.30. The second-order valence-corrected chi connectivity index (χ2v) is 7.07. The molecule has 2 aromatic heterocycles. The summed E-state index contributed by atoms with van der Waals surface area (Å²) in [6, 6.07) is 17.0. The van der Waals surface area contributed by atoms with Crippen molar-refractivity contribution >= 4 is 17.5 Å². The van der Waals surface area contributed by atoms with Crippen molar-refractivity contribution in [3.05, 3.63) is 89.6 Å². The summed E-state index contributed by atoms with van der Waals surface area (Å²) in [7, 11) is 0. The van der Waals surface area contributed by atoms with Gasteiger partial charge in [0.25, 0.3) is 5.91 Å². The predicted molar refractivity (Wildman–Crippen MR) is 113 cm³/mol. The summed E-state index contributed by atoms with van der Waals surface area (Å²) in [6.45, 7) is 2.01. The first-order valence-corrected chi connectivity index (χ1v) is 9.73. The first-order valence-electron chi connectivity index (χ1n) is 9.36. The molecule has 1 atom stereocenters. The molecule has 29 heavy (non-hydrogen) atoms. The van der Waals surface area contributed by atoms with Crippen LogP contribution in [0.1, 0.15) is 35.6 Å². The second-order valence-electron chi connectivity index (χ2n) is 6.63. The molecule has 0 spiro atoms. The van der Waals surface area contributed by atoms with E-state index in [1.807, 2.05) is 49.4 Å². The number of imidazole rings is 1. The predicted octanol–water partition coefficient (Wildman–Crippen LogP) is 4.80. The fourth-order valence-corrected chi connectivity index (χ4v) is 3.18. The summed E-state index contributed by atoms with van der Waals surface area (Å²) < 4.78 is 1.65. The second kappa shape index (κ2) is 8.32. The maximum Gasteiger partial charge on any atom is 0.255 e. The average Bonchev–Trinajstić information content (AvgIpc) is 3.43. The average molecular weight is 406 g/mol. The van der Waals surface area contributed by atoms with Crippen molar-refractivity contribution in [2.75, 3.05) is 0 Å². The number of carbonyl (C=O) groups excluding carboxylic acids is 1. The van der Waals surface area contributed by atoms with Crippen molar-refractivity contribution in [1.29, 1.82) is 0 Å². The number of H-pyrrole nitrogens is 1. The maximum absolute atomic E-state index is 12.7. The van der Waals surface area contributed by atoms with Gasteiger partial charge in [0.1, 0.15) is 5.82 Å². The van der Waals surface area contributed by atoms with E-state index in [2.05, 4.69) is 20.4 Å². The summed E-state index contributed by atoms with van der Waals surface area (Å²) in [5.74, 6) is 0.527. The van der Waals surface area contributed by atoms with Crippen LogP contribution in [-0.2, 0) is 0 Å². The van der Waals surface area contributed by atoms with Gasteiger partial charge in [-0.05, 0) is 36.2 Å². The van der Waals surface area contributed by atoms with Gasteiger partial charge in [-0.3, -0.25) is 4.79 Å². The molecule has 0 aliphatic rings. The van der Waals surface area contributed by atoms with Crippen molar-refractivity contribution in [2.45, 2.75) is 19.4 Å². The number of hydrogen-bond donors (Lipinski definition) is 2. The van der Waals surface area contributed by atoms with E-state index in [1.165, 1.54) is 0 Å². The van der Waals surface area contributed by atoms with Crippen molar-refractivity contribution in [3.8, 4) is 16.9 Å². The molecule has 0 bridgehead atoms. The molecular formula is C22H20ClN5O. The number of nitrogens with one attached hydrogen (secondary N) is 2. The fraction of sp³-hybridized carbons (Fsp3) is 0.136. The number of aromatic amines is 1. The first-order chi connectivity index (χ1) is 14.1. The van der Waals surface area contributed by atoms with Crippen LogP contribution in [0.4, 0.5) is 0 Å². The van der Waals surface area contributed by atoms with Gasteiger partial charge < -0.3 is 10.3 Å². The lowest BCUT2D eigenvalue weighted by molar-refractivity contribution is 0.0934. The Bertz CT molecular complexity index is 1100. The Hall–Kier alpha value is -3.38. The van der Waals surface area contributed by atoms with Gasteiger partial charge in [0.05, 0.1) is 35.4 Å². The van der Waals surface area contributed by atoms with Crippen LogP contribution in [0.25, 0.3) is 16.9 Å². The lowest BCUT2D eigenvalue weighted by Crippen LogP contribution is -2.28. The third-order valence-corrected chi connectivity index (χ3v) is 4.91. The topological polar surface area (TPSA) is 75.6 Å². The third-order valence-electron chi connectivity index (χ3n) is 4.66. The Morgan fingerprint density at radius 2 is 1.90 bits per heavy atom. The number of benzene rings is 2. The summed E-state index contributed by atoms with van der Waals surface area (Å²) in [5, 5.41) is 7.96. The molecule has 1 unspecified atom stereocenters. The molecule has 4 aromatic rings. The minimum Gasteiger partial charge on any atom is -0.342 e. The van der Waals surface area contributed by atoms with Gasteiger partial charge in [-0.15, -0.1) is 0 Å². The minimum absolute atomic E-state index is 0.199. The molecule has 0 fully saturated rings. The Morgan fingerprint density at radius 1 is 1.14 bits per heavy atom. The summed E-state index contributed by atoms with van der Waals surface area (Å²) in [6.07, 6.45) is 5.74. The van der Waals surface area contributed by atoms with Crippen LogP contribution in [0.5, 0.6) is 0 Å². The Kier molecular flexibility index (Phi) is 5.44. The number of amides is 1. The van der Waals surface area contributed by atoms with Crippen LogP contribution in [0, 0.1) is 0 Å². The van der Waals surface area contributed by atoms with E-state index < -0.39 is 0 Å². The summed E-state index contributed by atoms with van der Waals surface area (Å²) in [4.78, 5) is 20.5. The number of carbonyl (C=O) groups is 1. The third kappa shape index (κ3) is 4.22. The number of hydrogen-bond acceptors (Lipinski definition) is 3. The standard InChI is InChI=1S/C22H20ClN5O/c1-2-19(21-24-13-20(26-21)15-6-4-3-5-7-15)27-22(29)16-12-25-28(14-16)18-10-8-17(23)9-11-18/h3-14,19H,2H2,1H3,(H,24,26)(H,27,29). The van der Waals surface area contributed by atoms with E-state index in [1.54, 1.807) is 35.4 Å². The van der Waals surface area contributed by atoms with Crippen molar-refractivity contribution < 1.29 is 4.79 Å². The molecule has 2 N–H and O–H groups in total. The van der Waals surface area contributed by atoms with Crippen LogP contribution in [0.15, 0.2) is 73.2 Å². The van der Waals surface area contributed by atoms with Gasteiger partial charge in [-0.25, -0.2) is 9.67 Å².